The lowest BCUT2D eigenvalue weighted by atomic mass is 10.3. The second-order valence-corrected chi connectivity index (χ2v) is 2.51. The largest absolute Gasteiger partial charge is 0.396 e. The van der Waals surface area contributed by atoms with Gasteiger partial charge in [0.25, 0.3) is 0 Å². The minimum Gasteiger partial charge on any atom is -0.396 e. The molecule has 0 saturated carbocycles. The van der Waals surface area contributed by atoms with Crippen molar-refractivity contribution in [2.75, 3.05) is 26.2 Å². The molecule has 0 aromatic carbocycles. The summed E-state index contributed by atoms with van der Waals surface area (Å²) < 4.78 is 0. The molecule has 0 fully saturated rings. The molecule has 0 bridgehead atoms. The Kier molecular flexibility index (Phi) is 7.89. The molecule has 0 aromatic rings. The molecule has 2 N–H and O–H groups in total. The highest BCUT2D eigenvalue weighted by atomic mass is 16.2. The summed E-state index contributed by atoms with van der Waals surface area (Å²) in [5.41, 5.74) is 3.28. The monoisotopic (exact) mass is 160 g/mol. The SMILES string of the molecule is CCN(CC)NCCCCO. The first kappa shape index (κ1) is 10.9. The highest BCUT2D eigenvalue weighted by Gasteiger charge is 1.95. The van der Waals surface area contributed by atoms with Crippen LogP contribution in [0, 0.1) is 0 Å². The van der Waals surface area contributed by atoms with Crippen molar-refractivity contribution in [2.45, 2.75) is 26.7 Å². The zero-order valence-corrected chi connectivity index (χ0v) is 7.64. The molecular formula is C8H20N2O. The molecule has 0 amide bonds. The van der Waals surface area contributed by atoms with Gasteiger partial charge in [-0.05, 0) is 12.8 Å². The molecule has 0 aliphatic heterocycles. The Morgan fingerprint density at radius 2 is 1.82 bits per heavy atom. The predicted octanol–water partition coefficient (Wildman–Crippen LogP) is 0.605. The van der Waals surface area contributed by atoms with Crippen molar-refractivity contribution >= 4 is 0 Å². The first-order valence-corrected chi connectivity index (χ1v) is 4.44. The van der Waals surface area contributed by atoms with Crippen LogP contribution in [0.15, 0.2) is 0 Å². The number of nitrogens with one attached hydrogen (secondary N) is 1. The topological polar surface area (TPSA) is 35.5 Å². The number of hydrazine groups is 1. The summed E-state index contributed by atoms with van der Waals surface area (Å²) in [5, 5.41) is 10.7. The van der Waals surface area contributed by atoms with Gasteiger partial charge in [0, 0.05) is 26.2 Å². The second-order valence-electron chi connectivity index (χ2n) is 2.51. The standard InChI is InChI=1S/C8H20N2O/c1-3-10(4-2)9-7-5-6-8-11/h9,11H,3-8H2,1-2H3. The second kappa shape index (κ2) is 7.98. The van der Waals surface area contributed by atoms with Crippen molar-refractivity contribution in [1.82, 2.24) is 10.4 Å². The maximum absolute atomic E-state index is 8.50. The summed E-state index contributed by atoms with van der Waals surface area (Å²) in [7, 11) is 0. The van der Waals surface area contributed by atoms with Gasteiger partial charge in [0.05, 0.1) is 0 Å². The van der Waals surface area contributed by atoms with Gasteiger partial charge in [-0.15, -0.1) is 0 Å². The Bertz CT molecular complexity index is 74.5. The summed E-state index contributed by atoms with van der Waals surface area (Å²) in [6.07, 6.45) is 1.95. The Morgan fingerprint density at radius 1 is 1.18 bits per heavy atom. The summed E-state index contributed by atoms with van der Waals surface area (Å²) in [6.45, 7) is 7.61. The van der Waals surface area contributed by atoms with E-state index in [0.717, 1.165) is 32.5 Å². The van der Waals surface area contributed by atoms with Crippen LogP contribution in [-0.2, 0) is 0 Å². The quantitative estimate of drug-likeness (QED) is 0.423. The van der Waals surface area contributed by atoms with E-state index in [9.17, 15) is 0 Å². The number of aliphatic hydroxyl groups excluding tert-OH is 1. The van der Waals surface area contributed by atoms with E-state index in [1.165, 1.54) is 0 Å². The van der Waals surface area contributed by atoms with Crippen molar-refractivity contribution in [3.63, 3.8) is 0 Å². The lowest BCUT2D eigenvalue weighted by molar-refractivity contribution is 0.202. The van der Waals surface area contributed by atoms with E-state index >= 15 is 0 Å². The predicted molar refractivity (Wildman–Crippen MR) is 47.2 cm³/mol. The molecule has 3 nitrogen and oxygen atoms in total. The van der Waals surface area contributed by atoms with Gasteiger partial charge in [-0.2, -0.15) is 0 Å². The molecule has 11 heavy (non-hydrogen) atoms. The van der Waals surface area contributed by atoms with Gasteiger partial charge < -0.3 is 5.11 Å². The Labute approximate surface area is 69.4 Å². The molecule has 3 heteroatoms. The Hall–Kier alpha value is -0.120. The molecule has 0 aliphatic rings. The van der Waals surface area contributed by atoms with Crippen molar-refractivity contribution < 1.29 is 5.11 Å². The van der Waals surface area contributed by atoms with Gasteiger partial charge >= 0.3 is 0 Å². The van der Waals surface area contributed by atoms with Crippen LogP contribution in [-0.4, -0.2) is 36.4 Å². The molecule has 0 aliphatic carbocycles. The maximum atomic E-state index is 8.50. The summed E-state index contributed by atoms with van der Waals surface area (Å²) in [4.78, 5) is 0. The molecule has 0 spiro atoms. The average Bonchev–Trinajstić information content (AvgIpc) is 2.05. The van der Waals surface area contributed by atoms with Gasteiger partial charge in [0.1, 0.15) is 0 Å². The summed E-state index contributed by atoms with van der Waals surface area (Å²) in [5.74, 6) is 0. The lowest BCUT2D eigenvalue weighted by Crippen LogP contribution is -2.38. The third kappa shape index (κ3) is 6.28. The third-order valence-corrected chi connectivity index (χ3v) is 1.68. The zero-order valence-electron chi connectivity index (χ0n) is 7.64. The summed E-state index contributed by atoms with van der Waals surface area (Å²) in [6, 6.07) is 0. The lowest BCUT2D eigenvalue weighted by Gasteiger charge is -2.18. The van der Waals surface area contributed by atoms with Gasteiger partial charge in [0.15, 0.2) is 0 Å². The van der Waals surface area contributed by atoms with Crippen molar-refractivity contribution in [1.29, 1.82) is 0 Å². The number of hydrogen-bond acceptors (Lipinski definition) is 3. The van der Waals surface area contributed by atoms with E-state index in [1.54, 1.807) is 0 Å². The van der Waals surface area contributed by atoms with Gasteiger partial charge in [-0.3, -0.25) is 5.43 Å². The van der Waals surface area contributed by atoms with Crippen molar-refractivity contribution in [3.8, 4) is 0 Å². The van der Waals surface area contributed by atoms with Crippen molar-refractivity contribution in [2.24, 2.45) is 0 Å². The molecule has 68 valence electrons. The van der Waals surface area contributed by atoms with Crippen LogP contribution in [0.2, 0.25) is 0 Å². The Balaban J connectivity index is 3.07. The van der Waals surface area contributed by atoms with E-state index in [-0.39, 0.29) is 0 Å². The number of nitrogens with zero attached hydrogens (tertiary/aromatic N) is 1. The first-order valence-electron chi connectivity index (χ1n) is 4.44. The molecular weight excluding hydrogens is 140 g/mol. The van der Waals surface area contributed by atoms with Crippen molar-refractivity contribution in [3.05, 3.63) is 0 Å². The number of unbranched alkanes of at least 4 members (excludes halogenated alkanes) is 1. The normalized spacial score (nSPS) is 10.9. The van der Waals surface area contributed by atoms with Gasteiger partial charge in [-0.25, -0.2) is 5.01 Å². The highest BCUT2D eigenvalue weighted by molar-refractivity contribution is 4.46. The smallest absolute Gasteiger partial charge is 0.0431 e. The Morgan fingerprint density at radius 3 is 2.27 bits per heavy atom. The average molecular weight is 160 g/mol. The highest BCUT2D eigenvalue weighted by Crippen LogP contribution is 1.86. The molecule has 0 heterocycles. The number of aliphatic hydroxyl groups is 1. The fraction of sp³-hybridized carbons (Fsp3) is 1.00. The molecule has 0 saturated heterocycles. The van der Waals surface area contributed by atoms with Crippen LogP contribution in [0.1, 0.15) is 26.7 Å². The summed E-state index contributed by atoms with van der Waals surface area (Å²) >= 11 is 0. The van der Waals surface area contributed by atoms with Crippen LogP contribution in [0.4, 0.5) is 0 Å². The third-order valence-electron chi connectivity index (χ3n) is 1.68. The number of rotatable bonds is 7. The van der Waals surface area contributed by atoms with Crippen LogP contribution in [0.25, 0.3) is 0 Å². The molecule has 0 radical (unpaired) electrons. The van der Waals surface area contributed by atoms with Crippen LogP contribution < -0.4 is 5.43 Å². The van der Waals surface area contributed by atoms with E-state index in [0.29, 0.717) is 6.61 Å². The minimum atomic E-state index is 0.305. The van der Waals surface area contributed by atoms with Crippen LogP contribution in [0.5, 0.6) is 0 Å². The molecule has 0 unspecified atom stereocenters. The van der Waals surface area contributed by atoms with Crippen LogP contribution in [0.3, 0.4) is 0 Å². The van der Waals surface area contributed by atoms with E-state index in [1.807, 2.05) is 0 Å². The number of hydrogen-bond donors (Lipinski definition) is 2. The zero-order chi connectivity index (χ0) is 8.53. The van der Waals surface area contributed by atoms with Gasteiger partial charge in [-0.1, -0.05) is 13.8 Å². The fourth-order valence-corrected chi connectivity index (χ4v) is 0.921. The fourth-order valence-electron chi connectivity index (χ4n) is 0.921. The van der Waals surface area contributed by atoms with Crippen LogP contribution >= 0.6 is 0 Å². The van der Waals surface area contributed by atoms with E-state index in [4.69, 9.17) is 5.11 Å². The van der Waals surface area contributed by atoms with E-state index in [2.05, 4.69) is 24.3 Å². The first-order chi connectivity index (χ1) is 5.35. The molecule has 0 atom stereocenters. The maximum Gasteiger partial charge on any atom is 0.0431 e. The minimum absolute atomic E-state index is 0.305. The molecule has 0 rings (SSSR count). The molecule has 0 aromatic heterocycles. The van der Waals surface area contributed by atoms with E-state index < -0.39 is 0 Å². The van der Waals surface area contributed by atoms with Gasteiger partial charge in [0.2, 0.25) is 0 Å².